The van der Waals surface area contributed by atoms with E-state index in [1.54, 1.807) is 0 Å². The summed E-state index contributed by atoms with van der Waals surface area (Å²) in [5.74, 6) is 0.0516. The van der Waals surface area contributed by atoms with Crippen molar-refractivity contribution in [2.24, 2.45) is 0 Å². The number of ether oxygens (including phenoxy) is 2. The molecule has 0 aliphatic heterocycles. The molecule has 0 saturated heterocycles. The minimum absolute atomic E-state index is 0.0634. The fourth-order valence-corrected chi connectivity index (χ4v) is 2.52. The second-order valence-electron chi connectivity index (χ2n) is 6.43. The van der Waals surface area contributed by atoms with Crippen LogP contribution >= 0.6 is 0 Å². The first-order chi connectivity index (χ1) is 13.4. The molecule has 0 aliphatic rings. The maximum absolute atomic E-state index is 13.7. The molecular formula is C21H25FN2O4. The van der Waals surface area contributed by atoms with Crippen LogP contribution in [0.5, 0.6) is 5.75 Å². The van der Waals surface area contributed by atoms with Crippen molar-refractivity contribution in [3.63, 3.8) is 0 Å². The topological polar surface area (TPSA) is 76.7 Å². The standard InChI is InChI=1S/C21H25FN2O4/c1-14-7-8-15(2)19(12-14)28-11-5-4-6-20(25)23-16-9-10-17(22)18(13-16)24-21(26)27-3/h7-10,12-13H,4-6,11H2,1-3H3,(H,23,25)(H,24,26). The van der Waals surface area contributed by atoms with Gasteiger partial charge in [-0.15, -0.1) is 0 Å². The fraction of sp³-hybridized carbons (Fsp3) is 0.333. The van der Waals surface area contributed by atoms with Gasteiger partial charge >= 0.3 is 6.09 Å². The van der Waals surface area contributed by atoms with Crippen molar-refractivity contribution in [2.45, 2.75) is 33.1 Å². The summed E-state index contributed by atoms with van der Waals surface area (Å²) in [7, 11) is 1.18. The first-order valence-electron chi connectivity index (χ1n) is 9.03. The lowest BCUT2D eigenvalue weighted by Gasteiger charge is -2.11. The SMILES string of the molecule is COC(=O)Nc1cc(NC(=O)CCCCOc2cc(C)ccc2C)ccc1F. The van der Waals surface area contributed by atoms with Crippen LogP contribution in [0.15, 0.2) is 36.4 Å². The highest BCUT2D eigenvalue weighted by atomic mass is 19.1. The van der Waals surface area contributed by atoms with Gasteiger partial charge in [0.2, 0.25) is 5.91 Å². The molecule has 2 amide bonds. The fourth-order valence-electron chi connectivity index (χ4n) is 2.52. The molecule has 2 N–H and O–H groups in total. The van der Waals surface area contributed by atoms with E-state index in [0.29, 0.717) is 25.1 Å². The molecule has 0 heterocycles. The molecule has 150 valence electrons. The summed E-state index contributed by atoms with van der Waals surface area (Å²) in [4.78, 5) is 23.3. The van der Waals surface area contributed by atoms with E-state index in [0.717, 1.165) is 23.3 Å². The van der Waals surface area contributed by atoms with Gasteiger partial charge in [0.25, 0.3) is 0 Å². The third-order valence-corrected chi connectivity index (χ3v) is 4.07. The molecule has 0 saturated carbocycles. The molecule has 0 radical (unpaired) electrons. The van der Waals surface area contributed by atoms with Crippen LogP contribution in [0.1, 0.15) is 30.4 Å². The van der Waals surface area contributed by atoms with E-state index in [-0.39, 0.29) is 11.6 Å². The molecule has 2 aromatic rings. The number of hydrogen-bond donors (Lipinski definition) is 2. The van der Waals surface area contributed by atoms with Crippen LogP contribution < -0.4 is 15.4 Å². The number of carbonyl (C=O) groups excluding carboxylic acids is 2. The lowest BCUT2D eigenvalue weighted by Crippen LogP contribution is -2.14. The highest BCUT2D eigenvalue weighted by Gasteiger charge is 2.09. The molecule has 0 atom stereocenters. The summed E-state index contributed by atoms with van der Waals surface area (Å²) in [6.45, 7) is 4.54. The van der Waals surface area contributed by atoms with Gasteiger partial charge in [0.05, 0.1) is 19.4 Å². The van der Waals surface area contributed by atoms with E-state index in [1.165, 1.54) is 25.3 Å². The van der Waals surface area contributed by atoms with E-state index in [4.69, 9.17) is 4.74 Å². The van der Waals surface area contributed by atoms with Crippen molar-refractivity contribution in [3.8, 4) is 5.75 Å². The molecule has 0 bridgehead atoms. The lowest BCUT2D eigenvalue weighted by atomic mass is 10.1. The Labute approximate surface area is 164 Å². The molecule has 0 unspecified atom stereocenters. The zero-order valence-corrected chi connectivity index (χ0v) is 16.3. The number of carbonyl (C=O) groups is 2. The average molecular weight is 388 g/mol. The van der Waals surface area contributed by atoms with Gasteiger partial charge in [-0.3, -0.25) is 10.1 Å². The molecular weight excluding hydrogens is 363 g/mol. The van der Waals surface area contributed by atoms with Gasteiger partial charge in [-0.05, 0) is 62.1 Å². The lowest BCUT2D eigenvalue weighted by molar-refractivity contribution is -0.116. The minimum Gasteiger partial charge on any atom is -0.493 e. The van der Waals surface area contributed by atoms with E-state index >= 15 is 0 Å². The van der Waals surface area contributed by atoms with Gasteiger partial charge in [0.15, 0.2) is 0 Å². The van der Waals surface area contributed by atoms with Crippen molar-refractivity contribution in [2.75, 3.05) is 24.4 Å². The molecule has 28 heavy (non-hydrogen) atoms. The molecule has 0 aliphatic carbocycles. The number of nitrogens with one attached hydrogen (secondary N) is 2. The third kappa shape index (κ3) is 6.57. The van der Waals surface area contributed by atoms with E-state index in [1.807, 2.05) is 32.0 Å². The first-order valence-corrected chi connectivity index (χ1v) is 9.03. The summed E-state index contributed by atoms with van der Waals surface area (Å²) in [6, 6.07) is 9.99. The maximum Gasteiger partial charge on any atom is 0.411 e. The summed E-state index contributed by atoms with van der Waals surface area (Å²) in [6.07, 6.45) is 0.920. The summed E-state index contributed by atoms with van der Waals surface area (Å²) < 4.78 is 23.9. The molecule has 0 fully saturated rings. The molecule has 2 rings (SSSR count). The predicted molar refractivity (Wildman–Crippen MR) is 106 cm³/mol. The Morgan fingerprint density at radius 1 is 1.04 bits per heavy atom. The Hall–Kier alpha value is -3.09. The second kappa shape index (κ2) is 10.3. The van der Waals surface area contributed by atoms with Crippen molar-refractivity contribution < 1.29 is 23.5 Å². The Kier molecular flexibility index (Phi) is 7.80. The Bertz CT molecular complexity index is 839. The Morgan fingerprint density at radius 3 is 2.57 bits per heavy atom. The highest BCUT2D eigenvalue weighted by molar-refractivity contribution is 5.92. The first kappa shape index (κ1) is 21.2. The van der Waals surface area contributed by atoms with E-state index < -0.39 is 11.9 Å². The maximum atomic E-state index is 13.7. The van der Waals surface area contributed by atoms with Gasteiger partial charge in [-0.1, -0.05) is 12.1 Å². The highest BCUT2D eigenvalue weighted by Crippen LogP contribution is 2.21. The molecule has 0 aromatic heterocycles. The van der Waals surface area contributed by atoms with Crippen LogP contribution in [0.25, 0.3) is 0 Å². The van der Waals surface area contributed by atoms with Crippen LogP contribution in [0.3, 0.4) is 0 Å². The minimum atomic E-state index is -0.786. The Balaban J connectivity index is 1.76. The van der Waals surface area contributed by atoms with Gasteiger partial charge in [-0.2, -0.15) is 0 Å². The summed E-state index contributed by atoms with van der Waals surface area (Å²) in [5, 5.41) is 4.94. The largest absolute Gasteiger partial charge is 0.493 e. The van der Waals surface area contributed by atoms with Crippen LogP contribution in [0, 0.1) is 19.7 Å². The Morgan fingerprint density at radius 2 is 1.82 bits per heavy atom. The van der Waals surface area contributed by atoms with Gasteiger partial charge in [0.1, 0.15) is 11.6 Å². The van der Waals surface area contributed by atoms with Crippen LogP contribution in [0.2, 0.25) is 0 Å². The number of anilines is 2. The third-order valence-electron chi connectivity index (χ3n) is 4.07. The van der Waals surface area contributed by atoms with Crippen LogP contribution in [-0.4, -0.2) is 25.7 Å². The van der Waals surface area contributed by atoms with E-state index in [9.17, 15) is 14.0 Å². The summed E-state index contributed by atoms with van der Waals surface area (Å²) in [5.41, 5.74) is 2.55. The quantitative estimate of drug-likeness (QED) is 0.637. The monoisotopic (exact) mass is 388 g/mol. The number of halogens is 1. The van der Waals surface area contributed by atoms with Crippen LogP contribution in [-0.2, 0) is 9.53 Å². The predicted octanol–water partition coefficient (Wildman–Crippen LogP) is 4.81. The number of hydrogen-bond acceptors (Lipinski definition) is 4. The van der Waals surface area contributed by atoms with Gasteiger partial charge < -0.3 is 14.8 Å². The van der Waals surface area contributed by atoms with Gasteiger partial charge in [-0.25, -0.2) is 9.18 Å². The average Bonchev–Trinajstić information content (AvgIpc) is 2.66. The van der Waals surface area contributed by atoms with Crippen molar-refractivity contribution in [1.29, 1.82) is 0 Å². The number of benzene rings is 2. The molecule has 6 nitrogen and oxygen atoms in total. The normalized spacial score (nSPS) is 10.3. The van der Waals surface area contributed by atoms with Crippen LogP contribution in [0.4, 0.5) is 20.6 Å². The second-order valence-corrected chi connectivity index (χ2v) is 6.43. The van der Waals surface area contributed by atoms with Crippen molar-refractivity contribution >= 4 is 23.4 Å². The van der Waals surface area contributed by atoms with Crippen molar-refractivity contribution in [1.82, 2.24) is 0 Å². The van der Waals surface area contributed by atoms with Gasteiger partial charge in [0, 0.05) is 12.1 Å². The molecule has 0 spiro atoms. The molecule has 7 heteroatoms. The smallest absolute Gasteiger partial charge is 0.411 e. The molecule has 2 aromatic carbocycles. The number of rotatable bonds is 8. The zero-order valence-electron chi connectivity index (χ0n) is 16.3. The number of methoxy groups -OCH3 is 1. The van der Waals surface area contributed by atoms with E-state index in [2.05, 4.69) is 15.4 Å². The zero-order chi connectivity index (χ0) is 20.5. The number of aryl methyl sites for hydroxylation is 2. The number of unbranched alkanes of at least 4 members (excludes halogenated alkanes) is 1. The number of amides is 2. The van der Waals surface area contributed by atoms with Crippen molar-refractivity contribution in [3.05, 3.63) is 53.3 Å². The summed E-state index contributed by atoms with van der Waals surface area (Å²) >= 11 is 0.